The van der Waals surface area contributed by atoms with Crippen LogP contribution in [0.4, 0.5) is 10.6 Å². The Labute approximate surface area is 99.9 Å². The summed E-state index contributed by atoms with van der Waals surface area (Å²) in [6.07, 6.45) is -0.592. The topological polar surface area (TPSA) is 73.2 Å². The number of rotatable bonds is 2. The van der Waals surface area contributed by atoms with Crippen LogP contribution in [0.1, 0.15) is 38.2 Å². The zero-order chi connectivity index (χ0) is 13.2. The van der Waals surface area contributed by atoms with Crippen LogP contribution in [0.2, 0.25) is 0 Å². The van der Waals surface area contributed by atoms with Gasteiger partial charge in [0.05, 0.1) is 0 Å². The van der Waals surface area contributed by atoms with Gasteiger partial charge in [-0.25, -0.2) is 4.79 Å². The molecular formula is C11H17N3O3. The lowest BCUT2D eigenvalue weighted by Gasteiger charge is -2.18. The molecule has 1 heterocycles. The summed E-state index contributed by atoms with van der Waals surface area (Å²) in [5, 5.41) is 6.45. The molecule has 0 unspecified atom stereocenters. The summed E-state index contributed by atoms with van der Waals surface area (Å²) in [6, 6.07) is 1.51. The highest BCUT2D eigenvalue weighted by Gasteiger charge is 2.18. The van der Waals surface area contributed by atoms with E-state index in [1.165, 1.54) is 17.7 Å². The van der Waals surface area contributed by atoms with Gasteiger partial charge in [-0.1, -0.05) is 0 Å². The van der Waals surface area contributed by atoms with E-state index in [9.17, 15) is 9.59 Å². The number of ether oxygens (including phenoxy) is 1. The standard InChI is InChI=1S/C11H17N3O3/c1-7(15)8-6-9(13-14(8)5)12-10(16)17-11(2,3)4/h6H,1-5H3,(H,12,13,16). The molecule has 1 amide bonds. The van der Waals surface area contributed by atoms with E-state index in [-0.39, 0.29) is 5.78 Å². The molecule has 1 aromatic heterocycles. The number of aromatic nitrogens is 2. The largest absolute Gasteiger partial charge is 0.444 e. The van der Waals surface area contributed by atoms with Crippen LogP contribution in [0, 0.1) is 0 Å². The third kappa shape index (κ3) is 3.90. The van der Waals surface area contributed by atoms with Gasteiger partial charge in [0.25, 0.3) is 0 Å². The van der Waals surface area contributed by atoms with E-state index in [0.29, 0.717) is 11.5 Å². The molecule has 6 nitrogen and oxygen atoms in total. The van der Waals surface area contributed by atoms with Crippen molar-refractivity contribution in [1.29, 1.82) is 0 Å². The molecule has 1 rings (SSSR count). The van der Waals surface area contributed by atoms with Gasteiger partial charge in [-0.05, 0) is 20.8 Å². The third-order valence-electron chi connectivity index (χ3n) is 1.87. The number of hydrogen-bond acceptors (Lipinski definition) is 4. The monoisotopic (exact) mass is 239 g/mol. The highest BCUT2D eigenvalue weighted by Crippen LogP contribution is 2.12. The normalized spacial score (nSPS) is 11.1. The van der Waals surface area contributed by atoms with Crippen LogP contribution < -0.4 is 5.32 Å². The van der Waals surface area contributed by atoms with Crippen LogP contribution in [0.15, 0.2) is 6.07 Å². The fourth-order valence-electron chi connectivity index (χ4n) is 1.27. The van der Waals surface area contributed by atoms with Gasteiger partial charge in [-0.2, -0.15) is 5.10 Å². The fraction of sp³-hybridized carbons (Fsp3) is 0.545. The van der Waals surface area contributed by atoms with Gasteiger partial charge in [-0.3, -0.25) is 14.8 Å². The van der Waals surface area contributed by atoms with Crippen molar-refractivity contribution in [2.75, 3.05) is 5.32 Å². The summed E-state index contributed by atoms with van der Waals surface area (Å²) >= 11 is 0. The number of carbonyl (C=O) groups excluding carboxylic acids is 2. The molecule has 0 radical (unpaired) electrons. The third-order valence-corrected chi connectivity index (χ3v) is 1.87. The van der Waals surface area contributed by atoms with E-state index in [4.69, 9.17) is 4.74 Å². The minimum atomic E-state index is -0.592. The summed E-state index contributed by atoms with van der Waals surface area (Å²) in [6.45, 7) is 6.75. The Balaban J connectivity index is 2.73. The van der Waals surface area contributed by atoms with Gasteiger partial charge in [0.1, 0.15) is 11.3 Å². The molecule has 0 fully saturated rings. The van der Waals surface area contributed by atoms with E-state index in [1.54, 1.807) is 27.8 Å². The van der Waals surface area contributed by atoms with Gasteiger partial charge in [-0.15, -0.1) is 0 Å². The van der Waals surface area contributed by atoms with Crippen LogP contribution in [-0.2, 0) is 11.8 Å². The predicted molar refractivity (Wildman–Crippen MR) is 63.1 cm³/mol. The lowest BCUT2D eigenvalue weighted by atomic mass is 10.2. The Kier molecular flexibility index (Phi) is 3.55. The van der Waals surface area contributed by atoms with Crippen molar-refractivity contribution in [1.82, 2.24) is 9.78 Å². The number of hydrogen-bond donors (Lipinski definition) is 1. The molecule has 0 aliphatic heterocycles. The predicted octanol–water partition coefficient (Wildman–Crippen LogP) is 1.97. The van der Waals surface area contributed by atoms with Gasteiger partial charge in [0, 0.05) is 20.0 Å². The molecule has 17 heavy (non-hydrogen) atoms. The molecule has 1 aromatic rings. The molecule has 94 valence electrons. The molecule has 0 saturated heterocycles. The SMILES string of the molecule is CC(=O)c1cc(NC(=O)OC(C)(C)C)nn1C. The van der Waals surface area contributed by atoms with Crippen molar-refractivity contribution in [3.05, 3.63) is 11.8 Å². The molecule has 1 N–H and O–H groups in total. The van der Waals surface area contributed by atoms with Crippen molar-refractivity contribution >= 4 is 17.7 Å². The second-order valence-corrected chi connectivity index (χ2v) is 4.72. The van der Waals surface area contributed by atoms with Gasteiger partial charge in [0.2, 0.25) is 0 Å². The minimum absolute atomic E-state index is 0.114. The summed E-state index contributed by atoms with van der Waals surface area (Å²) in [5.74, 6) is 0.184. The first-order chi connectivity index (χ1) is 7.69. The molecule has 0 aliphatic carbocycles. The number of amides is 1. The number of anilines is 1. The summed E-state index contributed by atoms with van der Waals surface area (Å²) in [5.41, 5.74) is -0.140. The van der Waals surface area contributed by atoms with Crippen molar-refractivity contribution in [3.63, 3.8) is 0 Å². The van der Waals surface area contributed by atoms with Crippen LogP contribution in [-0.4, -0.2) is 27.3 Å². The van der Waals surface area contributed by atoms with Crippen molar-refractivity contribution < 1.29 is 14.3 Å². The van der Waals surface area contributed by atoms with E-state index in [0.717, 1.165) is 0 Å². The van der Waals surface area contributed by atoms with Gasteiger partial charge < -0.3 is 4.74 Å². The first kappa shape index (κ1) is 13.2. The number of carbonyl (C=O) groups is 2. The highest BCUT2D eigenvalue weighted by atomic mass is 16.6. The minimum Gasteiger partial charge on any atom is -0.444 e. The summed E-state index contributed by atoms with van der Waals surface area (Å²) in [7, 11) is 1.64. The van der Waals surface area contributed by atoms with E-state index >= 15 is 0 Å². The Hall–Kier alpha value is -1.85. The number of aryl methyl sites for hydroxylation is 1. The molecule has 0 bridgehead atoms. The van der Waals surface area contributed by atoms with Crippen LogP contribution >= 0.6 is 0 Å². The maximum absolute atomic E-state index is 11.5. The Morgan fingerprint density at radius 2 is 2.00 bits per heavy atom. The van der Waals surface area contributed by atoms with Crippen LogP contribution in [0.5, 0.6) is 0 Å². The van der Waals surface area contributed by atoms with Crippen LogP contribution in [0.3, 0.4) is 0 Å². The number of Topliss-reactive ketones (excluding diaryl/α,β-unsaturated/α-hetero) is 1. The van der Waals surface area contributed by atoms with E-state index < -0.39 is 11.7 Å². The molecule has 0 spiro atoms. The van der Waals surface area contributed by atoms with Crippen molar-refractivity contribution in [3.8, 4) is 0 Å². The van der Waals surface area contributed by atoms with Crippen LogP contribution in [0.25, 0.3) is 0 Å². The zero-order valence-electron chi connectivity index (χ0n) is 10.7. The van der Waals surface area contributed by atoms with Crippen molar-refractivity contribution in [2.45, 2.75) is 33.3 Å². The molecule has 0 aliphatic rings. The van der Waals surface area contributed by atoms with Gasteiger partial charge in [0.15, 0.2) is 11.6 Å². The first-order valence-corrected chi connectivity index (χ1v) is 5.24. The lowest BCUT2D eigenvalue weighted by molar-refractivity contribution is 0.0635. The first-order valence-electron chi connectivity index (χ1n) is 5.24. The molecular weight excluding hydrogens is 222 g/mol. The number of ketones is 1. The highest BCUT2D eigenvalue weighted by molar-refractivity contribution is 5.94. The molecule has 0 atom stereocenters. The fourth-order valence-corrected chi connectivity index (χ4v) is 1.27. The summed E-state index contributed by atoms with van der Waals surface area (Å²) in [4.78, 5) is 22.6. The number of nitrogens with zero attached hydrogens (tertiary/aromatic N) is 2. The van der Waals surface area contributed by atoms with E-state index in [1.807, 2.05) is 0 Å². The average molecular weight is 239 g/mol. The molecule has 6 heteroatoms. The van der Waals surface area contributed by atoms with Crippen molar-refractivity contribution in [2.24, 2.45) is 7.05 Å². The zero-order valence-corrected chi connectivity index (χ0v) is 10.7. The Morgan fingerprint density at radius 1 is 1.41 bits per heavy atom. The van der Waals surface area contributed by atoms with E-state index in [2.05, 4.69) is 10.4 Å². The second-order valence-electron chi connectivity index (χ2n) is 4.72. The maximum Gasteiger partial charge on any atom is 0.413 e. The lowest BCUT2D eigenvalue weighted by Crippen LogP contribution is -2.27. The second kappa shape index (κ2) is 4.57. The molecule has 0 aromatic carbocycles. The van der Waals surface area contributed by atoms with Gasteiger partial charge >= 0.3 is 6.09 Å². The molecule has 0 saturated carbocycles. The Bertz CT molecular complexity index is 443. The maximum atomic E-state index is 11.5. The average Bonchev–Trinajstić information content (AvgIpc) is 2.42. The smallest absolute Gasteiger partial charge is 0.413 e. The Morgan fingerprint density at radius 3 is 2.41 bits per heavy atom. The summed E-state index contributed by atoms with van der Waals surface area (Å²) < 4.78 is 6.48. The number of nitrogens with one attached hydrogen (secondary N) is 1. The quantitative estimate of drug-likeness (QED) is 0.801.